The molecule has 2 rings (SSSR count). The molecular formula is C17H20ClN3O2. The Morgan fingerprint density at radius 2 is 1.74 bits per heavy atom. The Kier molecular flexibility index (Phi) is 7.77. The van der Waals surface area contributed by atoms with Crippen molar-refractivity contribution in [1.29, 1.82) is 0 Å². The van der Waals surface area contributed by atoms with E-state index in [1.165, 1.54) is 6.20 Å². The van der Waals surface area contributed by atoms with Crippen molar-refractivity contribution in [2.24, 2.45) is 0 Å². The summed E-state index contributed by atoms with van der Waals surface area (Å²) in [4.78, 5) is 27.8. The third-order valence-electron chi connectivity index (χ3n) is 2.80. The van der Waals surface area contributed by atoms with E-state index in [9.17, 15) is 9.59 Å². The largest absolute Gasteiger partial charge is 0.322 e. The smallest absolute Gasteiger partial charge is 0.259 e. The van der Waals surface area contributed by atoms with Gasteiger partial charge in [0, 0.05) is 11.9 Å². The molecule has 1 aromatic carbocycles. The van der Waals surface area contributed by atoms with Crippen LogP contribution in [0, 0.1) is 6.92 Å². The molecule has 2 N–H and O–H groups in total. The minimum absolute atomic E-state index is 0.199. The molecule has 0 bridgehead atoms. The molecule has 1 aromatic heterocycles. The maximum absolute atomic E-state index is 12.4. The number of alkyl halides is 1. The number of anilines is 2. The highest BCUT2D eigenvalue weighted by Crippen LogP contribution is 2.19. The van der Waals surface area contributed by atoms with E-state index in [1.54, 1.807) is 25.1 Å². The van der Waals surface area contributed by atoms with E-state index in [-0.39, 0.29) is 17.6 Å². The Morgan fingerprint density at radius 1 is 1.09 bits per heavy atom. The fourth-order valence-electron chi connectivity index (χ4n) is 1.82. The van der Waals surface area contributed by atoms with Crippen molar-refractivity contribution in [2.75, 3.05) is 16.5 Å². The lowest BCUT2D eigenvalue weighted by Crippen LogP contribution is -2.21. The minimum atomic E-state index is -0.413. The predicted molar refractivity (Wildman–Crippen MR) is 94.1 cm³/mol. The van der Waals surface area contributed by atoms with Gasteiger partial charge in [0.05, 0.1) is 5.56 Å². The van der Waals surface area contributed by atoms with Crippen molar-refractivity contribution in [3.8, 4) is 0 Å². The number of nitrogens with one attached hydrogen (secondary N) is 2. The molecule has 0 unspecified atom stereocenters. The molecule has 0 atom stereocenters. The van der Waals surface area contributed by atoms with Gasteiger partial charge in [-0.1, -0.05) is 32.0 Å². The minimum Gasteiger partial charge on any atom is -0.322 e. The van der Waals surface area contributed by atoms with Crippen LogP contribution in [0.5, 0.6) is 0 Å². The summed E-state index contributed by atoms with van der Waals surface area (Å²) in [6.07, 6.45) is 1.53. The highest BCUT2D eigenvalue weighted by Gasteiger charge is 2.17. The highest BCUT2D eigenvalue weighted by atomic mass is 35.5. The molecule has 2 amide bonds. The van der Waals surface area contributed by atoms with Gasteiger partial charge in [0.25, 0.3) is 5.91 Å². The second-order valence-electron chi connectivity index (χ2n) is 4.35. The van der Waals surface area contributed by atoms with Gasteiger partial charge < -0.3 is 10.6 Å². The van der Waals surface area contributed by atoms with Gasteiger partial charge in [0.15, 0.2) is 0 Å². The van der Waals surface area contributed by atoms with E-state index in [0.717, 1.165) is 0 Å². The van der Waals surface area contributed by atoms with Crippen molar-refractivity contribution in [2.45, 2.75) is 20.8 Å². The van der Waals surface area contributed by atoms with E-state index in [4.69, 9.17) is 11.6 Å². The molecule has 0 saturated heterocycles. The van der Waals surface area contributed by atoms with Crippen molar-refractivity contribution in [3.63, 3.8) is 0 Å². The van der Waals surface area contributed by atoms with Crippen LogP contribution in [0.4, 0.5) is 11.5 Å². The maximum Gasteiger partial charge on any atom is 0.259 e. The number of halogens is 1. The monoisotopic (exact) mass is 333 g/mol. The van der Waals surface area contributed by atoms with Crippen LogP contribution in [0.2, 0.25) is 0 Å². The number of hydrogen-bond acceptors (Lipinski definition) is 3. The number of carbonyl (C=O) groups is 2. The summed E-state index contributed by atoms with van der Waals surface area (Å²) in [5.74, 6) is -0.746. The molecule has 0 spiro atoms. The molecule has 122 valence electrons. The quantitative estimate of drug-likeness (QED) is 0.835. The third kappa shape index (κ3) is 5.38. The van der Waals surface area contributed by atoms with E-state index >= 15 is 0 Å². The number of carbonyl (C=O) groups excluding carboxylic acids is 2. The zero-order chi connectivity index (χ0) is 17.2. The molecule has 6 heteroatoms. The van der Waals surface area contributed by atoms with Crippen LogP contribution in [0.25, 0.3) is 0 Å². The number of rotatable bonds is 4. The lowest BCUT2D eigenvalue weighted by Gasteiger charge is -2.12. The Labute approximate surface area is 141 Å². The number of amides is 2. The molecule has 0 fully saturated rings. The topological polar surface area (TPSA) is 71.1 Å². The van der Waals surface area contributed by atoms with Crippen molar-refractivity contribution in [1.82, 2.24) is 4.98 Å². The second-order valence-corrected chi connectivity index (χ2v) is 4.62. The van der Waals surface area contributed by atoms with Gasteiger partial charge in [-0.3, -0.25) is 9.59 Å². The summed E-state index contributed by atoms with van der Waals surface area (Å²) < 4.78 is 0. The Balaban J connectivity index is 0.00000127. The first-order valence-electron chi connectivity index (χ1n) is 7.29. The Hall–Kier alpha value is -2.40. The van der Waals surface area contributed by atoms with Gasteiger partial charge in [-0.15, -0.1) is 11.6 Å². The molecule has 0 radical (unpaired) electrons. The Morgan fingerprint density at radius 3 is 2.35 bits per heavy atom. The van der Waals surface area contributed by atoms with Crippen LogP contribution >= 0.6 is 11.6 Å². The molecule has 1 heterocycles. The molecule has 5 nitrogen and oxygen atoms in total. The maximum atomic E-state index is 12.4. The second kappa shape index (κ2) is 9.58. The van der Waals surface area contributed by atoms with Crippen LogP contribution in [-0.2, 0) is 4.79 Å². The van der Waals surface area contributed by atoms with Crippen molar-refractivity contribution >= 4 is 34.9 Å². The summed E-state index contributed by atoms with van der Waals surface area (Å²) in [6, 6.07) is 10.8. The standard InChI is InChI=1S/C15H14ClN3O2.C2H6/c1-10-7-8-17-14(19-12(20)9-16)13(10)15(21)18-11-5-3-2-4-6-11;1-2/h2-8H,9H2,1H3,(H,18,21)(H,17,19,20);1-2H3. The fraction of sp³-hybridized carbons (Fsp3) is 0.235. The van der Waals surface area contributed by atoms with E-state index in [0.29, 0.717) is 16.8 Å². The summed E-state index contributed by atoms with van der Waals surface area (Å²) >= 11 is 5.46. The van der Waals surface area contributed by atoms with E-state index in [2.05, 4.69) is 15.6 Å². The molecule has 0 saturated carbocycles. The van der Waals surface area contributed by atoms with Crippen LogP contribution < -0.4 is 10.6 Å². The lowest BCUT2D eigenvalue weighted by atomic mass is 10.1. The first-order valence-corrected chi connectivity index (χ1v) is 7.83. The SMILES string of the molecule is CC.Cc1ccnc(NC(=O)CCl)c1C(=O)Nc1ccccc1. The number of nitrogens with zero attached hydrogens (tertiary/aromatic N) is 1. The number of aryl methyl sites for hydroxylation is 1. The van der Waals surface area contributed by atoms with E-state index < -0.39 is 5.91 Å². The van der Waals surface area contributed by atoms with Crippen molar-refractivity contribution < 1.29 is 9.59 Å². The molecule has 0 aliphatic rings. The average Bonchev–Trinajstić information content (AvgIpc) is 2.57. The van der Waals surface area contributed by atoms with Gasteiger partial charge in [-0.05, 0) is 30.7 Å². The first kappa shape index (κ1) is 18.6. The van der Waals surface area contributed by atoms with Gasteiger partial charge in [-0.2, -0.15) is 0 Å². The van der Waals surface area contributed by atoms with E-state index in [1.807, 2.05) is 32.0 Å². The zero-order valence-corrected chi connectivity index (χ0v) is 14.1. The van der Waals surface area contributed by atoms with Gasteiger partial charge in [0.1, 0.15) is 11.7 Å². The molecule has 2 aromatic rings. The normalized spacial score (nSPS) is 9.39. The predicted octanol–water partition coefficient (Wildman–Crippen LogP) is 3.85. The first-order chi connectivity index (χ1) is 11.1. The van der Waals surface area contributed by atoms with Crippen molar-refractivity contribution in [3.05, 3.63) is 53.7 Å². The number of para-hydroxylation sites is 1. The molecule has 0 aliphatic heterocycles. The molecule has 23 heavy (non-hydrogen) atoms. The fourth-order valence-corrected chi connectivity index (χ4v) is 1.89. The summed E-state index contributed by atoms with van der Waals surface area (Å²) in [5.41, 5.74) is 1.70. The van der Waals surface area contributed by atoms with Gasteiger partial charge in [-0.25, -0.2) is 4.98 Å². The lowest BCUT2D eigenvalue weighted by molar-refractivity contribution is -0.113. The molecule has 0 aliphatic carbocycles. The highest BCUT2D eigenvalue weighted by molar-refractivity contribution is 6.29. The number of pyridine rings is 1. The number of benzene rings is 1. The third-order valence-corrected chi connectivity index (χ3v) is 3.04. The van der Waals surface area contributed by atoms with Crippen LogP contribution in [0.1, 0.15) is 29.8 Å². The summed E-state index contributed by atoms with van der Waals surface area (Å²) in [6.45, 7) is 5.78. The number of aromatic nitrogens is 1. The zero-order valence-electron chi connectivity index (χ0n) is 13.4. The summed E-state index contributed by atoms with van der Waals surface area (Å²) in [5, 5.41) is 5.29. The van der Waals surface area contributed by atoms with Crippen LogP contribution in [-0.4, -0.2) is 22.7 Å². The van der Waals surface area contributed by atoms with Gasteiger partial charge >= 0.3 is 0 Å². The average molecular weight is 334 g/mol. The van der Waals surface area contributed by atoms with Crippen LogP contribution in [0.15, 0.2) is 42.6 Å². The van der Waals surface area contributed by atoms with Gasteiger partial charge in [0.2, 0.25) is 5.91 Å². The summed E-state index contributed by atoms with van der Waals surface area (Å²) in [7, 11) is 0. The number of hydrogen-bond donors (Lipinski definition) is 2. The molecular weight excluding hydrogens is 314 g/mol. The van der Waals surface area contributed by atoms with Crippen LogP contribution in [0.3, 0.4) is 0 Å². The Bertz CT molecular complexity index is 660.